The molecule has 0 heterocycles. The lowest BCUT2D eigenvalue weighted by Crippen LogP contribution is -2.28. The SMILES string of the molecule is C=CCN(CCO)CCCC(C)C. The summed E-state index contributed by atoms with van der Waals surface area (Å²) in [6.45, 7) is 11.2. The van der Waals surface area contributed by atoms with Crippen LogP contribution >= 0.6 is 0 Å². The quantitative estimate of drug-likeness (QED) is 0.584. The average molecular weight is 185 g/mol. The lowest BCUT2D eigenvalue weighted by atomic mass is 10.1. The molecule has 0 atom stereocenters. The molecule has 0 saturated carbocycles. The summed E-state index contributed by atoms with van der Waals surface area (Å²) in [7, 11) is 0. The van der Waals surface area contributed by atoms with E-state index in [4.69, 9.17) is 5.11 Å². The molecule has 1 N–H and O–H groups in total. The molecule has 2 nitrogen and oxygen atoms in total. The summed E-state index contributed by atoms with van der Waals surface area (Å²) >= 11 is 0. The first-order chi connectivity index (χ1) is 6.20. The van der Waals surface area contributed by atoms with Crippen molar-refractivity contribution in [1.82, 2.24) is 4.90 Å². The van der Waals surface area contributed by atoms with Gasteiger partial charge in [-0.15, -0.1) is 6.58 Å². The molecule has 0 saturated heterocycles. The van der Waals surface area contributed by atoms with Crippen molar-refractivity contribution in [2.75, 3.05) is 26.2 Å². The van der Waals surface area contributed by atoms with E-state index in [1.807, 2.05) is 6.08 Å². The van der Waals surface area contributed by atoms with Crippen molar-refractivity contribution in [3.05, 3.63) is 12.7 Å². The second kappa shape index (κ2) is 8.27. The Bertz CT molecular complexity index is 123. The third kappa shape index (κ3) is 8.00. The van der Waals surface area contributed by atoms with E-state index in [0.717, 1.165) is 25.6 Å². The van der Waals surface area contributed by atoms with Crippen LogP contribution in [0.2, 0.25) is 0 Å². The molecule has 0 spiro atoms. The fraction of sp³-hybridized carbons (Fsp3) is 0.818. The zero-order valence-corrected chi connectivity index (χ0v) is 9.00. The molecule has 0 unspecified atom stereocenters. The van der Waals surface area contributed by atoms with E-state index in [1.165, 1.54) is 12.8 Å². The van der Waals surface area contributed by atoms with Crippen LogP contribution < -0.4 is 0 Å². The fourth-order valence-corrected chi connectivity index (χ4v) is 1.34. The highest BCUT2D eigenvalue weighted by atomic mass is 16.3. The first-order valence-electron chi connectivity index (χ1n) is 5.14. The maximum absolute atomic E-state index is 8.80. The van der Waals surface area contributed by atoms with Gasteiger partial charge >= 0.3 is 0 Å². The van der Waals surface area contributed by atoms with Crippen LogP contribution in [0.3, 0.4) is 0 Å². The third-order valence-corrected chi connectivity index (χ3v) is 2.06. The number of hydrogen-bond donors (Lipinski definition) is 1. The fourth-order valence-electron chi connectivity index (χ4n) is 1.34. The van der Waals surface area contributed by atoms with E-state index in [1.54, 1.807) is 0 Å². The molecule has 2 heteroatoms. The molecule has 0 radical (unpaired) electrons. The zero-order valence-electron chi connectivity index (χ0n) is 9.00. The largest absolute Gasteiger partial charge is 0.395 e. The predicted octanol–water partition coefficient (Wildman–Crippen LogP) is 1.90. The highest BCUT2D eigenvalue weighted by Gasteiger charge is 2.02. The molecule has 0 aromatic carbocycles. The molecule has 0 aliphatic rings. The van der Waals surface area contributed by atoms with E-state index in [2.05, 4.69) is 25.3 Å². The van der Waals surface area contributed by atoms with Gasteiger partial charge < -0.3 is 5.11 Å². The molecule has 0 amide bonds. The minimum Gasteiger partial charge on any atom is -0.395 e. The van der Waals surface area contributed by atoms with Gasteiger partial charge in [0.25, 0.3) is 0 Å². The van der Waals surface area contributed by atoms with Crippen molar-refractivity contribution in [3.63, 3.8) is 0 Å². The second-order valence-electron chi connectivity index (χ2n) is 3.85. The number of nitrogens with zero attached hydrogens (tertiary/aromatic N) is 1. The van der Waals surface area contributed by atoms with Crippen LogP contribution in [0.5, 0.6) is 0 Å². The van der Waals surface area contributed by atoms with Gasteiger partial charge in [0.1, 0.15) is 0 Å². The molecule has 0 bridgehead atoms. The smallest absolute Gasteiger partial charge is 0.0558 e. The summed E-state index contributed by atoms with van der Waals surface area (Å²) in [5.41, 5.74) is 0. The first kappa shape index (κ1) is 12.7. The highest BCUT2D eigenvalue weighted by molar-refractivity contribution is 4.73. The summed E-state index contributed by atoms with van der Waals surface area (Å²) in [5.74, 6) is 0.778. The average Bonchev–Trinajstić information content (AvgIpc) is 2.04. The van der Waals surface area contributed by atoms with E-state index in [9.17, 15) is 0 Å². The summed E-state index contributed by atoms with van der Waals surface area (Å²) in [6, 6.07) is 0. The van der Waals surface area contributed by atoms with Gasteiger partial charge in [-0.05, 0) is 25.3 Å². The van der Waals surface area contributed by atoms with Crippen LogP contribution in [-0.4, -0.2) is 36.2 Å². The van der Waals surface area contributed by atoms with Crippen LogP contribution in [0.15, 0.2) is 12.7 Å². The Kier molecular flexibility index (Phi) is 8.05. The Morgan fingerprint density at radius 2 is 2.08 bits per heavy atom. The number of aliphatic hydroxyl groups is 1. The lowest BCUT2D eigenvalue weighted by molar-refractivity contribution is 0.204. The first-order valence-corrected chi connectivity index (χ1v) is 5.14. The second-order valence-corrected chi connectivity index (χ2v) is 3.85. The number of aliphatic hydroxyl groups excluding tert-OH is 1. The summed E-state index contributed by atoms with van der Waals surface area (Å²) in [6.07, 6.45) is 4.37. The van der Waals surface area contributed by atoms with Crippen LogP contribution in [0, 0.1) is 5.92 Å². The minimum atomic E-state index is 0.246. The van der Waals surface area contributed by atoms with Gasteiger partial charge in [-0.25, -0.2) is 0 Å². The lowest BCUT2D eigenvalue weighted by Gasteiger charge is -2.19. The van der Waals surface area contributed by atoms with Crippen molar-refractivity contribution in [2.24, 2.45) is 5.92 Å². The molecule has 0 rings (SSSR count). The maximum Gasteiger partial charge on any atom is 0.0558 e. The molecule has 0 fully saturated rings. The monoisotopic (exact) mass is 185 g/mol. The van der Waals surface area contributed by atoms with E-state index >= 15 is 0 Å². The summed E-state index contributed by atoms with van der Waals surface area (Å²) < 4.78 is 0. The molecule has 13 heavy (non-hydrogen) atoms. The molecule has 0 aromatic rings. The number of rotatable bonds is 8. The van der Waals surface area contributed by atoms with Crippen LogP contribution in [0.25, 0.3) is 0 Å². The van der Waals surface area contributed by atoms with Gasteiger partial charge in [-0.2, -0.15) is 0 Å². The van der Waals surface area contributed by atoms with Crippen LogP contribution in [-0.2, 0) is 0 Å². The Hall–Kier alpha value is -0.340. The van der Waals surface area contributed by atoms with Gasteiger partial charge in [-0.1, -0.05) is 19.9 Å². The van der Waals surface area contributed by atoms with E-state index in [0.29, 0.717) is 0 Å². The molecule has 0 aliphatic heterocycles. The standard InChI is InChI=1S/C11H23NO/c1-4-7-12(9-10-13)8-5-6-11(2)3/h4,11,13H,1,5-10H2,2-3H3. The predicted molar refractivity (Wildman–Crippen MR) is 57.8 cm³/mol. The zero-order chi connectivity index (χ0) is 10.1. The van der Waals surface area contributed by atoms with Crippen LogP contribution in [0.4, 0.5) is 0 Å². The normalized spacial score (nSPS) is 11.2. The van der Waals surface area contributed by atoms with Gasteiger partial charge in [0.2, 0.25) is 0 Å². The Morgan fingerprint density at radius 3 is 2.54 bits per heavy atom. The Morgan fingerprint density at radius 1 is 1.38 bits per heavy atom. The van der Waals surface area contributed by atoms with Gasteiger partial charge in [0, 0.05) is 13.1 Å². The molecule has 78 valence electrons. The van der Waals surface area contributed by atoms with Crippen molar-refractivity contribution >= 4 is 0 Å². The van der Waals surface area contributed by atoms with Crippen molar-refractivity contribution in [2.45, 2.75) is 26.7 Å². The minimum absolute atomic E-state index is 0.246. The topological polar surface area (TPSA) is 23.5 Å². The number of hydrogen-bond acceptors (Lipinski definition) is 2. The molecule has 0 aromatic heterocycles. The Balaban J connectivity index is 3.49. The summed E-state index contributed by atoms with van der Waals surface area (Å²) in [5, 5.41) is 8.80. The Labute approximate surface area is 82.3 Å². The van der Waals surface area contributed by atoms with Crippen molar-refractivity contribution in [3.8, 4) is 0 Å². The van der Waals surface area contributed by atoms with E-state index < -0.39 is 0 Å². The molecular weight excluding hydrogens is 162 g/mol. The van der Waals surface area contributed by atoms with Gasteiger partial charge in [-0.3, -0.25) is 4.90 Å². The van der Waals surface area contributed by atoms with Gasteiger partial charge in [0.05, 0.1) is 6.61 Å². The maximum atomic E-state index is 8.80. The molecular formula is C11H23NO. The molecule has 0 aliphatic carbocycles. The van der Waals surface area contributed by atoms with Crippen molar-refractivity contribution in [1.29, 1.82) is 0 Å². The van der Waals surface area contributed by atoms with Crippen LogP contribution in [0.1, 0.15) is 26.7 Å². The van der Waals surface area contributed by atoms with Crippen molar-refractivity contribution < 1.29 is 5.11 Å². The van der Waals surface area contributed by atoms with E-state index in [-0.39, 0.29) is 6.61 Å². The third-order valence-electron chi connectivity index (χ3n) is 2.06. The van der Waals surface area contributed by atoms with Gasteiger partial charge in [0.15, 0.2) is 0 Å². The summed E-state index contributed by atoms with van der Waals surface area (Å²) in [4.78, 5) is 2.23. The highest BCUT2D eigenvalue weighted by Crippen LogP contribution is 2.04.